The van der Waals surface area contributed by atoms with Gasteiger partial charge in [0.2, 0.25) is 0 Å². The lowest BCUT2D eigenvalue weighted by Crippen LogP contribution is -1.90. The maximum Gasteiger partial charge on any atom is 0.270 e. The van der Waals surface area contributed by atoms with Gasteiger partial charge in [0.15, 0.2) is 0 Å². The van der Waals surface area contributed by atoms with Crippen LogP contribution in [0.15, 0.2) is 88.4 Å². The van der Waals surface area contributed by atoms with Crippen molar-refractivity contribution >= 4 is 28.4 Å². The van der Waals surface area contributed by atoms with Crippen LogP contribution in [0.1, 0.15) is 5.76 Å². The molecule has 0 aliphatic rings. The second kappa shape index (κ2) is 7.13. The van der Waals surface area contributed by atoms with Crippen LogP contribution in [0, 0.1) is 10.1 Å². The van der Waals surface area contributed by atoms with Crippen molar-refractivity contribution in [1.82, 2.24) is 0 Å². The van der Waals surface area contributed by atoms with Gasteiger partial charge < -0.3 is 4.42 Å². The van der Waals surface area contributed by atoms with E-state index in [4.69, 9.17) is 4.42 Å². The van der Waals surface area contributed by atoms with Gasteiger partial charge in [0.25, 0.3) is 5.69 Å². The number of nitro groups is 1. The fourth-order valence-corrected chi connectivity index (χ4v) is 2.84. The normalized spacial score (nSPS) is 11.1. The monoisotopic (exact) mass is 357 g/mol. The smallest absolute Gasteiger partial charge is 0.270 e. The predicted molar refractivity (Wildman–Crippen MR) is 106 cm³/mol. The van der Waals surface area contributed by atoms with Crippen molar-refractivity contribution in [3.63, 3.8) is 0 Å². The van der Waals surface area contributed by atoms with Crippen LogP contribution in [-0.4, -0.2) is 11.1 Å². The Hall–Kier alpha value is -3.93. The van der Waals surface area contributed by atoms with Gasteiger partial charge in [0, 0.05) is 23.1 Å². The largest absolute Gasteiger partial charge is 0.455 e. The predicted octanol–water partition coefficient (Wildman–Crippen LogP) is 5.45. The zero-order chi connectivity index (χ0) is 18.6. The van der Waals surface area contributed by atoms with E-state index in [9.17, 15) is 10.1 Å². The molecule has 0 fully saturated rings. The van der Waals surface area contributed by atoms with Crippen molar-refractivity contribution in [2.75, 3.05) is 5.43 Å². The Morgan fingerprint density at radius 2 is 1.78 bits per heavy atom. The molecule has 27 heavy (non-hydrogen) atoms. The number of nitro benzene ring substituents is 1. The quantitative estimate of drug-likeness (QED) is 0.292. The summed E-state index contributed by atoms with van der Waals surface area (Å²) in [4.78, 5) is 10.5. The number of nitrogens with zero attached hydrogens (tertiary/aromatic N) is 2. The molecule has 1 N–H and O–H groups in total. The minimum absolute atomic E-state index is 0.0248. The van der Waals surface area contributed by atoms with E-state index in [1.807, 2.05) is 42.5 Å². The average molecular weight is 357 g/mol. The minimum atomic E-state index is -0.428. The van der Waals surface area contributed by atoms with Crippen molar-refractivity contribution in [2.45, 2.75) is 0 Å². The van der Waals surface area contributed by atoms with Gasteiger partial charge in [0.05, 0.1) is 16.8 Å². The van der Waals surface area contributed by atoms with Gasteiger partial charge in [-0.3, -0.25) is 15.5 Å². The molecule has 4 rings (SSSR count). The van der Waals surface area contributed by atoms with Crippen LogP contribution in [0.5, 0.6) is 0 Å². The molecule has 0 atom stereocenters. The maximum atomic E-state index is 10.9. The van der Waals surface area contributed by atoms with E-state index >= 15 is 0 Å². The number of fused-ring (bicyclic) bond motifs is 1. The lowest BCUT2D eigenvalue weighted by Gasteiger charge is -2.04. The number of benzene rings is 3. The fourth-order valence-electron chi connectivity index (χ4n) is 2.84. The highest BCUT2D eigenvalue weighted by Gasteiger charge is 2.09. The Morgan fingerprint density at radius 1 is 0.963 bits per heavy atom. The number of anilines is 1. The van der Waals surface area contributed by atoms with E-state index < -0.39 is 4.92 Å². The SMILES string of the molecule is O=[N+]([O-])c1cccc(-c2ccc(C=NNc3cccc4ccccc34)o2)c1. The first kappa shape index (κ1) is 16.5. The Kier molecular flexibility index (Phi) is 4.37. The van der Waals surface area contributed by atoms with Crippen LogP contribution < -0.4 is 5.43 Å². The van der Waals surface area contributed by atoms with Gasteiger partial charge in [-0.2, -0.15) is 5.10 Å². The molecule has 1 heterocycles. The lowest BCUT2D eigenvalue weighted by atomic mass is 10.1. The lowest BCUT2D eigenvalue weighted by molar-refractivity contribution is -0.384. The summed E-state index contributed by atoms with van der Waals surface area (Å²) in [7, 11) is 0. The van der Waals surface area contributed by atoms with Gasteiger partial charge in [-0.15, -0.1) is 0 Å². The Labute approximate surface area is 154 Å². The first-order valence-electron chi connectivity index (χ1n) is 8.32. The summed E-state index contributed by atoms with van der Waals surface area (Å²) in [6.07, 6.45) is 1.57. The molecule has 6 heteroatoms. The Bertz CT molecular complexity index is 1140. The van der Waals surface area contributed by atoms with Crippen LogP contribution in [0.3, 0.4) is 0 Å². The summed E-state index contributed by atoms with van der Waals surface area (Å²) < 4.78 is 5.72. The molecule has 0 spiro atoms. The van der Waals surface area contributed by atoms with Gasteiger partial charge in [-0.25, -0.2) is 0 Å². The molecular weight excluding hydrogens is 342 g/mol. The van der Waals surface area contributed by atoms with Gasteiger partial charge in [0.1, 0.15) is 11.5 Å². The number of hydrogen-bond acceptors (Lipinski definition) is 5. The van der Waals surface area contributed by atoms with Crippen molar-refractivity contribution in [2.24, 2.45) is 5.10 Å². The van der Waals surface area contributed by atoms with Crippen LogP contribution >= 0.6 is 0 Å². The molecule has 6 nitrogen and oxygen atoms in total. The first-order chi connectivity index (χ1) is 13.2. The standard InChI is InChI=1S/C21H15N3O3/c25-24(26)17-8-3-7-16(13-17)21-12-11-18(27-21)14-22-23-20-10-4-6-15-5-1-2-9-19(15)20/h1-14,23H. The first-order valence-corrected chi connectivity index (χ1v) is 8.32. The molecule has 0 saturated carbocycles. The summed E-state index contributed by atoms with van der Waals surface area (Å²) in [6, 6.07) is 23.9. The minimum Gasteiger partial charge on any atom is -0.455 e. The number of hydrazone groups is 1. The number of rotatable bonds is 5. The van der Waals surface area contributed by atoms with Crippen molar-refractivity contribution < 1.29 is 9.34 Å². The molecule has 0 saturated heterocycles. The fraction of sp³-hybridized carbons (Fsp3) is 0. The highest BCUT2D eigenvalue weighted by atomic mass is 16.6. The van der Waals surface area contributed by atoms with Crippen LogP contribution in [0.4, 0.5) is 11.4 Å². The summed E-state index contributed by atoms with van der Waals surface area (Å²) in [5, 5.41) is 17.3. The number of non-ortho nitro benzene ring substituents is 1. The summed E-state index contributed by atoms with van der Waals surface area (Å²) in [6.45, 7) is 0. The molecule has 0 amide bonds. The molecule has 0 bridgehead atoms. The van der Waals surface area contributed by atoms with E-state index in [0.717, 1.165) is 16.5 Å². The van der Waals surface area contributed by atoms with Crippen LogP contribution in [0.25, 0.3) is 22.1 Å². The third-order valence-electron chi connectivity index (χ3n) is 4.13. The van der Waals surface area contributed by atoms with E-state index in [2.05, 4.69) is 10.5 Å². The average Bonchev–Trinajstić information content (AvgIpc) is 3.17. The summed E-state index contributed by atoms with van der Waals surface area (Å²) in [5.41, 5.74) is 4.60. The molecule has 3 aromatic carbocycles. The zero-order valence-corrected chi connectivity index (χ0v) is 14.2. The summed E-state index contributed by atoms with van der Waals surface area (Å²) in [5.74, 6) is 1.09. The van der Waals surface area contributed by atoms with E-state index in [1.54, 1.807) is 30.5 Å². The Balaban J connectivity index is 1.52. The molecule has 0 unspecified atom stereocenters. The topological polar surface area (TPSA) is 80.7 Å². The second-order valence-corrected chi connectivity index (χ2v) is 5.91. The molecule has 4 aromatic rings. The molecule has 0 aliphatic carbocycles. The number of nitrogens with one attached hydrogen (secondary N) is 1. The van der Waals surface area contributed by atoms with Crippen molar-refractivity contribution in [3.8, 4) is 11.3 Å². The molecule has 0 aliphatic heterocycles. The maximum absolute atomic E-state index is 10.9. The number of hydrogen-bond donors (Lipinski definition) is 1. The highest BCUT2D eigenvalue weighted by Crippen LogP contribution is 2.26. The third kappa shape index (κ3) is 3.55. The van der Waals surface area contributed by atoms with Gasteiger partial charge >= 0.3 is 0 Å². The van der Waals surface area contributed by atoms with Gasteiger partial charge in [-0.1, -0.05) is 48.5 Å². The van der Waals surface area contributed by atoms with E-state index in [1.165, 1.54) is 12.1 Å². The van der Waals surface area contributed by atoms with Crippen molar-refractivity contribution in [3.05, 3.63) is 94.7 Å². The molecular formula is C21H15N3O3. The van der Waals surface area contributed by atoms with Gasteiger partial charge in [-0.05, 0) is 23.6 Å². The highest BCUT2D eigenvalue weighted by molar-refractivity contribution is 5.94. The number of furan rings is 1. The Morgan fingerprint density at radius 3 is 2.67 bits per heavy atom. The molecule has 132 valence electrons. The van der Waals surface area contributed by atoms with Crippen LogP contribution in [0.2, 0.25) is 0 Å². The zero-order valence-electron chi connectivity index (χ0n) is 14.2. The van der Waals surface area contributed by atoms with E-state index in [-0.39, 0.29) is 5.69 Å². The second-order valence-electron chi connectivity index (χ2n) is 5.91. The third-order valence-corrected chi connectivity index (χ3v) is 4.13. The molecule has 1 aromatic heterocycles. The summed E-state index contributed by atoms with van der Waals surface area (Å²) >= 11 is 0. The molecule has 0 radical (unpaired) electrons. The van der Waals surface area contributed by atoms with Crippen molar-refractivity contribution in [1.29, 1.82) is 0 Å². The van der Waals surface area contributed by atoms with Crippen LogP contribution in [-0.2, 0) is 0 Å². The van der Waals surface area contributed by atoms with E-state index in [0.29, 0.717) is 17.1 Å².